The summed E-state index contributed by atoms with van der Waals surface area (Å²) in [7, 11) is -0.694. The maximum Gasteiger partial charge on any atom is 0.134 e. The highest BCUT2D eigenvalue weighted by molar-refractivity contribution is 7.68. The molecule has 0 spiro atoms. The minimum Gasteiger partial charge on any atom is -0.300 e. The molecule has 3 aromatic carbocycles. The van der Waals surface area contributed by atoms with E-state index >= 15 is 0 Å². The molecule has 1 nitrogen and oxygen atoms in total. The fourth-order valence-corrected chi connectivity index (χ4v) is 11.6. The van der Waals surface area contributed by atoms with Crippen molar-refractivity contribution in [1.82, 2.24) is 0 Å². The fourth-order valence-electron chi connectivity index (χ4n) is 7.15. The lowest BCUT2D eigenvalue weighted by Crippen LogP contribution is -2.44. The van der Waals surface area contributed by atoms with Gasteiger partial charge in [0.2, 0.25) is 0 Å². The summed E-state index contributed by atoms with van der Waals surface area (Å²) in [5, 5.41) is 1.53. The maximum absolute atomic E-state index is 13.5. The second-order valence-electron chi connectivity index (χ2n) is 15.1. The highest BCUT2D eigenvalue weighted by Crippen LogP contribution is 2.64. The van der Waals surface area contributed by atoms with E-state index in [9.17, 15) is 4.79 Å². The predicted molar refractivity (Wildman–Crippen MR) is 182 cm³/mol. The molecular weight excluding hydrogens is 515 g/mol. The molecule has 1 heterocycles. The van der Waals surface area contributed by atoms with E-state index in [1.807, 2.05) is 0 Å². The van der Waals surface area contributed by atoms with Crippen molar-refractivity contribution in [1.29, 1.82) is 0 Å². The van der Waals surface area contributed by atoms with Crippen LogP contribution in [0.1, 0.15) is 98.9 Å². The lowest BCUT2D eigenvalue weighted by molar-refractivity contribution is -0.120. The van der Waals surface area contributed by atoms with Gasteiger partial charge in [-0.2, -0.15) is 0 Å². The van der Waals surface area contributed by atoms with Crippen molar-refractivity contribution in [3.05, 3.63) is 74.8 Å². The third-order valence-electron chi connectivity index (χ3n) is 10.1. The predicted octanol–water partition coefficient (Wildman–Crippen LogP) is 10.8. The molecule has 2 atom stereocenters. The van der Waals surface area contributed by atoms with Gasteiger partial charge in [0.1, 0.15) is 5.78 Å². The number of rotatable bonds is 3. The standard InChI is InChI=1S/C39H53OP/c1-22-18-23(2)27(6)35(26(22)5)31-16-15-17-32(36-28(7)24(3)19-25(4)29(36)8)37(31)41-33(38(9,10)11)20-30(40)21-34(41)39(12,13)14/h15-19,33-34H,20-21H2,1-14H3. The number of benzene rings is 3. The van der Waals surface area contributed by atoms with E-state index in [0.29, 0.717) is 29.9 Å². The van der Waals surface area contributed by atoms with Crippen LogP contribution in [0.5, 0.6) is 0 Å². The van der Waals surface area contributed by atoms with E-state index < -0.39 is 7.92 Å². The molecule has 220 valence electrons. The molecule has 0 N–H and O–H groups in total. The van der Waals surface area contributed by atoms with Crippen LogP contribution in [-0.2, 0) is 4.79 Å². The monoisotopic (exact) mass is 568 g/mol. The van der Waals surface area contributed by atoms with E-state index in [4.69, 9.17) is 0 Å². The zero-order valence-corrected chi connectivity index (χ0v) is 29.2. The number of hydrogen-bond donors (Lipinski definition) is 0. The first-order valence-electron chi connectivity index (χ1n) is 15.4. The Kier molecular flexibility index (Phi) is 8.59. The second kappa shape index (κ2) is 11.1. The van der Waals surface area contributed by atoms with Gasteiger partial charge >= 0.3 is 0 Å². The Morgan fingerprint density at radius 1 is 0.585 bits per heavy atom. The lowest BCUT2D eigenvalue weighted by atomic mass is 9.84. The van der Waals surface area contributed by atoms with Gasteiger partial charge in [-0.1, -0.05) is 79.8 Å². The van der Waals surface area contributed by atoms with Crippen LogP contribution in [0.25, 0.3) is 22.3 Å². The third-order valence-corrected chi connectivity index (χ3v) is 14.3. The molecule has 0 bridgehead atoms. The number of ketones is 1. The molecule has 2 unspecified atom stereocenters. The Balaban J connectivity index is 2.26. The Morgan fingerprint density at radius 3 is 1.20 bits per heavy atom. The molecule has 0 aliphatic carbocycles. The summed E-state index contributed by atoms with van der Waals surface area (Å²) in [6.07, 6.45) is 1.37. The van der Waals surface area contributed by atoms with Gasteiger partial charge in [0, 0.05) is 12.8 Å². The maximum atomic E-state index is 13.5. The molecule has 3 aromatic rings. The topological polar surface area (TPSA) is 17.1 Å². The van der Waals surface area contributed by atoms with Crippen molar-refractivity contribution in [2.24, 2.45) is 10.8 Å². The molecule has 4 rings (SSSR count). The first-order chi connectivity index (χ1) is 18.9. The highest BCUT2D eigenvalue weighted by atomic mass is 31.1. The number of aryl methyl sites for hydroxylation is 4. The summed E-state index contributed by atoms with van der Waals surface area (Å²) in [6.45, 7) is 32.5. The first kappa shape index (κ1) is 31.7. The van der Waals surface area contributed by atoms with Crippen molar-refractivity contribution in [2.75, 3.05) is 0 Å². The minimum atomic E-state index is -0.694. The van der Waals surface area contributed by atoms with Crippen molar-refractivity contribution in [3.8, 4) is 22.3 Å². The summed E-state index contributed by atoms with van der Waals surface area (Å²) in [4.78, 5) is 13.5. The van der Waals surface area contributed by atoms with Crippen LogP contribution in [0.4, 0.5) is 0 Å². The largest absolute Gasteiger partial charge is 0.300 e. The van der Waals surface area contributed by atoms with Gasteiger partial charge in [-0.15, -0.1) is 0 Å². The summed E-state index contributed by atoms with van der Waals surface area (Å²) < 4.78 is 0. The molecule has 0 amide bonds. The van der Waals surface area contributed by atoms with Gasteiger partial charge in [-0.3, -0.25) is 4.79 Å². The van der Waals surface area contributed by atoms with Gasteiger partial charge in [0.05, 0.1) is 0 Å². The van der Waals surface area contributed by atoms with Crippen LogP contribution in [0.15, 0.2) is 30.3 Å². The van der Waals surface area contributed by atoms with Crippen LogP contribution >= 0.6 is 7.92 Å². The van der Waals surface area contributed by atoms with Gasteiger partial charge in [-0.25, -0.2) is 0 Å². The van der Waals surface area contributed by atoms with Crippen molar-refractivity contribution in [2.45, 2.75) is 121 Å². The summed E-state index contributed by atoms with van der Waals surface area (Å²) >= 11 is 0. The van der Waals surface area contributed by atoms with Crippen molar-refractivity contribution < 1.29 is 4.79 Å². The van der Waals surface area contributed by atoms with Crippen LogP contribution in [0, 0.1) is 66.2 Å². The Bertz CT molecular complexity index is 1350. The lowest BCUT2D eigenvalue weighted by Gasteiger charge is -2.50. The van der Waals surface area contributed by atoms with Gasteiger partial charge in [0.25, 0.3) is 0 Å². The molecule has 1 aliphatic rings. The molecule has 0 radical (unpaired) electrons. The molecule has 1 aliphatic heterocycles. The molecule has 1 fully saturated rings. The highest BCUT2D eigenvalue weighted by Gasteiger charge is 2.48. The van der Waals surface area contributed by atoms with E-state index in [1.165, 1.54) is 72.1 Å². The molecule has 1 saturated heterocycles. The molecule has 0 aromatic heterocycles. The summed E-state index contributed by atoms with van der Waals surface area (Å²) in [6, 6.07) is 11.8. The number of hydrogen-bond acceptors (Lipinski definition) is 1. The van der Waals surface area contributed by atoms with Crippen LogP contribution in [0.3, 0.4) is 0 Å². The number of carbonyl (C=O) groups excluding carboxylic acids is 1. The Morgan fingerprint density at radius 2 is 0.902 bits per heavy atom. The molecular formula is C39H53OP. The first-order valence-corrected chi connectivity index (χ1v) is 16.9. The third kappa shape index (κ3) is 5.73. The summed E-state index contributed by atoms with van der Waals surface area (Å²) in [5.41, 5.74) is 17.2. The van der Waals surface area contributed by atoms with Crippen LogP contribution < -0.4 is 5.30 Å². The Hall–Kier alpha value is -2.24. The molecule has 2 heteroatoms. The zero-order chi connectivity index (χ0) is 30.8. The fraction of sp³-hybridized carbons (Fsp3) is 0.513. The van der Waals surface area contributed by atoms with Crippen molar-refractivity contribution >= 4 is 19.0 Å². The van der Waals surface area contributed by atoms with Gasteiger partial charge in [0.15, 0.2) is 0 Å². The second-order valence-corrected chi connectivity index (χ2v) is 17.6. The van der Waals surface area contributed by atoms with E-state index in [-0.39, 0.29) is 10.8 Å². The van der Waals surface area contributed by atoms with Crippen molar-refractivity contribution in [3.63, 3.8) is 0 Å². The average Bonchev–Trinajstić information content (AvgIpc) is 2.85. The van der Waals surface area contributed by atoms with Crippen LogP contribution in [0.2, 0.25) is 0 Å². The summed E-state index contributed by atoms with van der Waals surface area (Å²) in [5.74, 6) is 0.445. The van der Waals surface area contributed by atoms with Crippen LogP contribution in [-0.4, -0.2) is 17.1 Å². The van der Waals surface area contributed by atoms with Gasteiger partial charge < -0.3 is 0 Å². The van der Waals surface area contributed by atoms with E-state index in [1.54, 1.807) is 0 Å². The van der Waals surface area contributed by atoms with E-state index in [2.05, 4.69) is 127 Å². The minimum absolute atomic E-state index is 0.0227. The normalized spacial score (nSPS) is 20.0. The quantitative estimate of drug-likeness (QED) is 0.287. The number of carbonyl (C=O) groups is 1. The van der Waals surface area contributed by atoms with Gasteiger partial charge in [-0.05, 0) is 150 Å². The van der Waals surface area contributed by atoms with E-state index in [0.717, 1.165) is 0 Å². The molecule has 0 saturated carbocycles. The average molecular weight is 569 g/mol. The SMILES string of the molecule is Cc1cc(C)c(C)c(-c2cccc(-c3c(C)c(C)cc(C)c3C)c2P2C(C(C)(C)C)CC(=O)CC2C(C)(C)C)c1C. The Labute approximate surface area is 252 Å². The number of Topliss-reactive ketones (excluding diaryl/α,β-unsaturated/α-hetero) is 1. The molecule has 41 heavy (non-hydrogen) atoms. The zero-order valence-electron chi connectivity index (χ0n) is 28.3. The smallest absolute Gasteiger partial charge is 0.134 e.